The van der Waals surface area contributed by atoms with Crippen LogP contribution in [0.2, 0.25) is 0 Å². The van der Waals surface area contributed by atoms with E-state index in [1.54, 1.807) is 0 Å². The summed E-state index contributed by atoms with van der Waals surface area (Å²) in [4.78, 5) is 25.6. The summed E-state index contributed by atoms with van der Waals surface area (Å²) in [6, 6.07) is 11.6. The average Bonchev–Trinajstić information content (AvgIpc) is 3.57. The molecular formula is C22H26N6O2. The fourth-order valence-corrected chi connectivity index (χ4v) is 3.13. The van der Waals surface area contributed by atoms with Crippen molar-refractivity contribution in [2.75, 3.05) is 30.8 Å². The Morgan fingerprint density at radius 3 is 2.67 bits per heavy atom. The summed E-state index contributed by atoms with van der Waals surface area (Å²) in [7, 11) is 0. The van der Waals surface area contributed by atoms with Gasteiger partial charge in [0.2, 0.25) is 5.95 Å². The molecule has 0 radical (unpaired) electrons. The van der Waals surface area contributed by atoms with Gasteiger partial charge < -0.3 is 21.1 Å². The van der Waals surface area contributed by atoms with E-state index in [0.717, 1.165) is 30.5 Å². The van der Waals surface area contributed by atoms with Gasteiger partial charge in [0.1, 0.15) is 5.52 Å². The SMILES string of the molecule is CCOCCCNc1nc(N)nc2ccc(-c3ccc(C(=O)NC4CC4)cc3)nc12. The highest BCUT2D eigenvalue weighted by Gasteiger charge is 2.23. The predicted octanol–water partition coefficient (Wildman–Crippen LogP) is 3.00. The summed E-state index contributed by atoms with van der Waals surface area (Å²) >= 11 is 0. The molecule has 2 heterocycles. The number of carbonyl (C=O) groups excluding carboxylic acids is 1. The number of nitrogens with one attached hydrogen (secondary N) is 2. The second-order valence-corrected chi connectivity index (χ2v) is 7.30. The van der Waals surface area contributed by atoms with Crippen molar-refractivity contribution in [2.45, 2.75) is 32.2 Å². The number of hydrogen-bond donors (Lipinski definition) is 3. The molecule has 1 fully saturated rings. The maximum atomic E-state index is 12.2. The van der Waals surface area contributed by atoms with Gasteiger partial charge in [-0.05, 0) is 50.5 Å². The minimum absolute atomic E-state index is 0.0297. The number of fused-ring (bicyclic) bond motifs is 1. The van der Waals surface area contributed by atoms with Gasteiger partial charge in [0.25, 0.3) is 5.91 Å². The lowest BCUT2D eigenvalue weighted by atomic mass is 10.1. The fraction of sp³-hybridized carbons (Fsp3) is 0.364. The first-order valence-electron chi connectivity index (χ1n) is 10.3. The van der Waals surface area contributed by atoms with Crippen molar-refractivity contribution >= 4 is 28.7 Å². The van der Waals surface area contributed by atoms with E-state index < -0.39 is 0 Å². The van der Waals surface area contributed by atoms with Crippen LogP contribution in [0.3, 0.4) is 0 Å². The molecule has 1 aromatic carbocycles. The second kappa shape index (κ2) is 9.04. The number of nitrogen functional groups attached to an aromatic ring is 1. The number of rotatable bonds is 9. The Bertz CT molecular complexity index is 1030. The van der Waals surface area contributed by atoms with Crippen molar-refractivity contribution in [1.29, 1.82) is 0 Å². The van der Waals surface area contributed by atoms with Crippen LogP contribution in [0, 0.1) is 0 Å². The minimum Gasteiger partial charge on any atom is -0.382 e. The summed E-state index contributed by atoms with van der Waals surface area (Å²) in [5.41, 5.74) is 9.55. The highest BCUT2D eigenvalue weighted by Crippen LogP contribution is 2.25. The quantitative estimate of drug-likeness (QED) is 0.468. The molecule has 1 amide bonds. The van der Waals surface area contributed by atoms with E-state index in [1.807, 2.05) is 43.3 Å². The largest absolute Gasteiger partial charge is 0.382 e. The zero-order chi connectivity index (χ0) is 20.9. The average molecular weight is 406 g/mol. The number of anilines is 2. The van der Waals surface area contributed by atoms with Crippen LogP contribution in [0.25, 0.3) is 22.3 Å². The molecular weight excluding hydrogens is 380 g/mol. The number of pyridine rings is 1. The third-order valence-electron chi connectivity index (χ3n) is 4.88. The molecule has 1 aliphatic rings. The van der Waals surface area contributed by atoms with E-state index in [9.17, 15) is 4.79 Å². The van der Waals surface area contributed by atoms with Crippen LogP contribution in [0.1, 0.15) is 36.5 Å². The van der Waals surface area contributed by atoms with Crippen molar-refractivity contribution in [3.05, 3.63) is 42.0 Å². The standard InChI is InChI=1S/C22H26N6O2/c1-2-30-13-3-12-24-20-19-18(27-22(23)28-20)11-10-17(26-19)14-4-6-15(7-5-14)21(29)25-16-8-9-16/h4-7,10-11,16H,2-3,8-9,12-13H2,1H3,(H,25,29)(H3,23,24,27,28). The van der Waals surface area contributed by atoms with Crippen molar-refractivity contribution < 1.29 is 9.53 Å². The van der Waals surface area contributed by atoms with Crippen LogP contribution in [0.5, 0.6) is 0 Å². The minimum atomic E-state index is -0.0297. The number of carbonyl (C=O) groups is 1. The van der Waals surface area contributed by atoms with E-state index in [2.05, 4.69) is 20.6 Å². The molecule has 0 atom stereocenters. The third kappa shape index (κ3) is 4.83. The van der Waals surface area contributed by atoms with Crippen LogP contribution in [0.15, 0.2) is 36.4 Å². The molecule has 4 rings (SSSR count). The van der Waals surface area contributed by atoms with E-state index >= 15 is 0 Å². The van der Waals surface area contributed by atoms with Gasteiger partial charge in [0.05, 0.1) is 11.2 Å². The molecule has 0 aliphatic heterocycles. The first kappa shape index (κ1) is 20.0. The molecule has 1 saturated carbocycles. The van der Waals surface area contributed by atoms with Gasteiger partial charge in [-0.1, -0.05) is 12.1 Å². The number of nitrogens with two attached hydrogens (primary N) is 1. The first-order chi connectivity index (χ1) is 14.6. The molecule has 0 bridgehead atoms. The molecule has 8 nitrogen and oxygen atoms in total. The molecule has 1 aliphatic carbocycles. The summed E-state index contributed by atoms with van der Waals surface area (Å²) in [5, 5.41) is 6.29. The molecule has 30 heavy (non-hydrogen) atoms. The summed E-state index contributed by atoms with van der Waals surface area (Å²) < 4.78 is 5.37. The Hall–Kier alpha value is -3.26. The predicted molar refractivity (Wildman–Crippen MR) is 117 cm³/mol. The molecule has 4 N–H and O–H groups in total. The van der Waals surface area contributed by atoms with Gasteiger partial charge in [0.15, 0.2) is 5.82 Å². The van der Waals surface area contributed by atoms with Crippen LogP contribution in [0.4, 0.5) is 11.8 Å². The normalized spacial score (nSPS) is 13.4. The lowest BCUT2D eigenvalue weighted by Crippen LogP contribution is -2.25. The van der Waals surface area contributed by atoms with Crippen molar-refractivity contribution in [3.8, 4) is 11.3 Å². The number of aromatic nitrogens is 3. The highest BCUT2D eigenvalue weighted by molar-refractivity contribution is 5.95. The van der Waals surface area contributed by atoms with E-state index in [4.69, 9.17) is 15.5 Å². The molecule has 8 heteroatoms. The molecule has 0 unspecified atom stereocenters. The van der Waals surface area contributed by atoms with Gasteiger partial charge in [-0.3, -0.25) is 4.79 Å². The van der Waals surface area contributed by atoms with Crippen LogP contribution in [-0.4, -0.2) is 46.7 Å². The summed E-state index contributed by atoms with van der Waals surface area (Å²) in [6.07, 6.45) is 2.99. The number of ether oxygens (including phenoxy) is 1. The van der Waals surface area contributed by atoms with Gasteiger partial charge in [-0.2, -0.15) is 4.98 Å². The van der Waals surface area contributed by atoms with Crippen LogP contribution >= 0.6 is 0 Å². The first-order valence-corrected chi connectivity index (χ1v) is 10.3. The second-order valence-electron chi connectivity index (χ2n) is 7.30. The lowest BCUT2D eigenvalue weighted by molar-refractivity contribution is 0.0951. The Labute approximate surface area is 175 Å². The summed E-state index contributed by atoms with van der Waals surface area (Å²) in [6.45, 7) is 4.06. The topological polar surface area (TPSA) is 115 Å². The molecule has 156 valence electrons. The van der Waals surface area contributed by atoms with Crippen molar-refractivity contribution in [3.63, 3.8) is 0 Å². The maximum absolute atomic E-state index is 12.2. The Morgan fingerprint density at radius 2 is 1.93 bits per heavy atom. The Morgan fingerprint density at radius 1 is 1.13 bits per heavy atom. The third-order valence-corrected chi connectivity index (χ3v) is 4.88. The van der Waals surface area contributed by atoms with E-state index in [-0.39, 0.29) is 11.9 Å². The van der Waals surface area contributed by atoms with Crippen LogP contribution in [-0.2, 0) is 4.74 Å². The molecule has 3 aromatic rings. The number of amides is 1. The monoisotopic (exact) mass is 406 g/mol. The van der Waals surface area contributed by atoms with Crippen molar-refractivity contribution in [2.24, 2.45) is 0 Å². The van der Waals surface area contributed by atoms with Gasteiger partial charge in [0, 0.05) is 36.9 Å². The van der Waals surface area contributed by atoms with E-state index in [0.29, 0.717) is 48.2 Å². The fourth-order valence-electron chi connectivity index (χ4n) is 3.13. The van der Waals surface area contributed by atoms with Gasteiger partial charge in [-0.25, -0.2) is 9.97 Å². The van der Waals surface area contributed by atoms with E-state index in [1.165, 1.54) is 0 Å². The molecule has 2 aromatic heterocycles. The maximum Gasteiger partial charge on any atom is 0.251 e. The van der Waals surface area contributed by atoms with Crippen LogP contribution < -0.4 is 16.4 Å². The lowest BCUT2D eigenvalue weighted by Gasteiger charge is -2.10. The molecule has 0 spiro atoms. The molecule has 0 saturated heterocycles. The van der Waals surface area contributed by atoms with Crippen molar-refractivity contribution in [1.82, 2.24) is 20.3 Å². The zero-order valence-electron chi connectivity index (χ0n) is 17.0. The summed E-state index contributed by atoms with van der Waals surface area (Å²) in [5.74, 6) is 0.782. The number of nitrogens with zero attached hydrogens (tertiary/aromatic N) is 3. The Balaban J connectivity index is 1.54. The smallest absolute Gasteiger partial charge is 0.251 e. The van der Waals surface area contributed by atoms with Gasteiger partial charge >= 0.3 is 0 Å². The van der Waals surface area contributed by atoms with Gasteiger partial charge in [-0.15, -0.1) is 0 Å². The zero-order valence-corrected chi connectivity index (χ0v) is 17.0. The highest BCUT2D eigenvalue weighted by atomic mass is 16.5. The number of benzene rings is 1. The number of hydrogen-bond acceptors (Lipinski definition) is 7. The Kier molecular flexibility index (Phi) is 6.04.